The van der Waals surface area contributed by atoms with Gasteiger partial charge in [-0.15, -0.1) is 0 Å². The van der Waals surface area contributed by atoms with Crippen LogP contribution in [0.4, 0.5) is 0 Å². The minimum absolute atomic E-state index is 0.0546. The van der Waals surface area contributed by atoms with E-state index in [9.17, 15) is 9.59 Å². The van der Waals surface area contributed by atoms with Gasteiger partial charge in [0, 0.05) is 18.2 Å². The van der Waals surface area contributed by atoms with Gasteiger partial charge in [-0.1, -0.05) is 19.0 Å². The number of carbonyl (C=O) groups is 2. The third-order valence-electron chi connectivity index (χ3n) is 5.72. The highest BCUT2D eigenvalue weighted by atomic mass is 16.5. The Balaban J connectivity index is 1.62. The lowest BCUT2D eigenvalue weighted by Gasteiger charge is -2.36. The maximum Gasteiger partial charge on any atom is 0.258 e. The Hall–Kier alpha value is -3.42. The van der Waals surface area contributed by atoms with Crippen LogP contribution in [0.3, 0.4) is 0 Å². The van der Waals surface area contributed by atoms with E-state index >= 15 is 0 Å². The largest absolute Gasteiger partial charge is 0.486 e. The molecule has 156 valence electrons. The normalized spacial score (nSPS) is 19.4. The fourth-order valence-corrected chi connectivity index (χ4v) is 3.71. The molecule has 1 aromatic heterocycles. The second-order valence-corrected chi connectivity index (χ2v) is 7.44. The topological polar surface area (TPSA) is 106 Å². The number of ether oxygens (including phenoxy) is 1. The van der Waals surface area contributed by atoms with Gasteiger partial charge in [0.2, 0.25) is 11.7 Å². The lowest BCUT2D eigenvalue weighted by atomic mass is 9.85. The smallest absolute Gasteiger partial charge is 0.258 e. The van der Waals surface area contributed by atoms with Crippen LogP contribution in [0.2, 0.25) is 0 Å². The van der Waals surface area contributed by atoms with Gasteiger partial charge in [0.05, 0.1) is 12.0 Å². The molecule has 0 aliphatic carbocycles. The van der Waals surface area contributed by atoms with Crippen molar-refractivity contribution in [2.75, 3.05) is 7.05 Å². The molecule has 0 saturated carbocycles. The summed E-state index contributed by atoms with van der Waals surface area (Å²) in [4.78, 5) is 29.1. The van der Waals surface area contributed by atoms with E-state index in [1.165, 1.54) is 0 Å². The molecule has 1 atom stereocenters. The Bertz CT molecular complexity index is 1050. The molecule has 2 aliphatic rings. The zero-order valence-electron chi connectivity index (χ0n) is 17.2. The molecule has 0 fully saturated rings. The third kappa shape index (κ3) is 3.49. The quantitative estimate of drug-likeness (QED) is 0.783. The Kier molecular flexibility index (Phi) is 5.15. The number of hydrogen-bond acceptors (Lipinski definition) is 7. The van der Waals surface area contributed by atoms with Crippen molar-refractivity contribution >= 4 is 17.3 Å². The highest BCUT2D eigenvalue weighted by molar-refractivity contribution is 6.01. The average Bonchev–Trinajstić information content (AvgIpc) is 3.28. The first-order valence-corrected chi connectivity index (χ1v) is 10.1. The summed E-state index contributed by atoms with van der Waals surface area (Å²) in [6.07, 6.45) is 7.08. The molecule has 0 radical (unpaired) electrons. The molecule has 8 nitrogen and oxygen atoms in total. The van der Waals surface area contributed by atoms with E-state index in [-0.39, 0.29) is 11.7 Å². The van der Waals surface area contributed by atoms with Crippen molar-refractivity contribution in [1.82, 2.24) is 20.8 Å². The van der Waals surface area contributed by atoms with E-state index in [1.807, 2.05) is 19.9 Å². The molecule has 2 aliphatic heterocycles. The minimum Gasteiger partial charge on any atom is -0.486 e. The summed E-state index contributed by atoms with van der Waals surface area (Å²) in [6.45, 7) is 4.07. The number of fused-ring (bicyclic) bond motifs is 1. The van der Waals surface area contributed by atoms with Crippen LogP contribution in [0, 0.1) is 0 Å². The summed E-state index contributed by atoms with van der Waals surface area (Å²) in [6, 6.07) is 4.83. The summed E-state index contributed by atoms with van der Waals surface area (Å²) >= 11 is 0. The zero-order valence-corrected chi connectivity index (χ0v) is 17.2. The number of nitrogens with one attached hydrogen (secondary N) is 2. The summed E-state index contributed by atoms with van der Waals surface area (Å²) in [5, 5.41) is 9.59. The number of ketones is 1. The van der Waals surface area contributed by atoms with E-state index in [2.05, 4.69) is 20.8 Å². The number of allylic oxidation sites excluding steroid dienone is 2. The van der Waals surface area contributed by atoms with Crippen LogP contribution in [0.15, 0.2) is 41.1 Å². The highest BCUT2D eigenvalue weighted by Crippen LogP contribution is 2.38. The Morgan fingerprint density at radius 3 is 2.87 bits per heavy atom. The van der Waals surface area contributed by atoms with Gasteiger partial charge in [0.1, 0.15) is 17.4 Å². The molecule has 1 amide bonds. The molecule has 8 heteroatoms. The van der Waals surface area contributed by atoms with Crippen LogP contribution in [-0.4, -0.2) is 40.5 Å². The number of amides is 1. The first-order valence-electron chi connectivity index (χ1n) is 10.1. The standard InChI is InChI=1S/C22H24N4O4/c1-4-22(5-2)12-17(27)15-10-14(6-7-18(15)29-22)21-25-19(26-30-21)13-8-9-24-16(11-13)20(28)23-3/h6-11,16,24H,4-5,12H2,1-3H3,(H,23,28). The summed E-state index contributed by atoms with van der Waals surface area (Å²) in [7, 11) is 1.58. The Labute approximate surface area is 174 Å². The highest BCUT2D eigenvalue weighted by Gasteiger charge is 2.38. The first-order chi connectivity index (χ1) is 14.5. The van der Waals surface area contributed by atoms with Crippen molar-refractivity contribution < 1.29 is 18.8 Å². The first kappa shape index (κ1) is 19.9. The number of Topliss-reactive ketones (excluding diaryl/α,β-unsaturated/α-hetero) is 1. The minimum atomic E-state index is -0.507. The number of aromatic nitrogens is 2. The SMILES string of the molecule is CCC1(CC)CC(=O)c2cc(-c3nc(C4=CC(C(=O)NC)NC=C4)no3)ccc2O1. The van der Waals surface area contributed by atoms with Crippen LogP contribution < -0.4 is 15.4 Å². The molecule has 4 rings (SSSR count). The molecule has 0 spiro atoms. The molecule has 1 aromatic carbocycles. The molecule has 1 unspecified atom stereocenters. The van der Waals surface area contributed by atoms with Crippen molar-refractivity contribution in [3.05, 3.63) is 47.9 Å². The van der Waals surface area contributed by atoms with Crippen molar-refractivity contribution in [3.63, 3.8) is 0 Å². The molecular weight excluding hydrogens is 384 g/mol. The molecule has 30 heavy (non-hydrogen) atoms. The van der Waals surface area contributed by atoms with Crippen molar-refractivity contribution in [2.24, 2.45) is 0 Å². The summed E-state index contributed by atoms with van der Waals surface area (Å²) in [5.74, 6) is 1.15. The van der Waals surface area contributed by atoms with E-state index in [1.54, 1.807) is 37.5 Å². The van der Waals surface area contributed by atoms with Crippen molar-refractivity contribution in [1.29, 1.82) is 0 Å². The van der Waals surface area contributed by atoms with Crippen molar-refractivity contribution in [2.45, 2.75) is 44.8 Å². The van der Waals surface area contributed by atoms with Crippen LogP contribution in [0.1, 0.15) is 49.3 Å². The number of hydrogen-bond donors (Lipinski definition) is 2. The number of nitrogens with zero attached hydrogens (tertiary/aromatic N) is 2. The monoisotopic (exact) mass is 408 g/mol. The molecule has 3 heterocycles. The fourth-order valence-electron chi connectivity index (χ4n) is 3.71. The van der Waals surface area contributed by atoms with Crippen LogP contribution >= 0.6 is 0 Å². The third-order valence-corrected chi connectivity index (χ3v) is 5.72. The van der Waals surface area contributed by atoms with Gasteiger partial charge in [-0.3, -0.25) is 9.59 Å². The van der Waals surface area contributed by atoms with Crippen LogP contribution in [0.25, 0.3) is 17.0 Å². The molecule has 0 bridgehead atoms. The number of dihydropyridines is 1. The molecular formula is C22H24N4O4. The van der Waals surface area contributed by atoms with E-state index < -0.39 is 11.6 Å². The van der Waals surface area contributed by atoms with Crippen LogP contribution in [0.5, 0.6) is 5.75 Å². The maximum atomic E-state index is 12.8. The van der Waals surface area contributed by atoms with Crippen LogP contribution in [-0.2, 0) is 4.79 Å². The predicted molar refractivity (Wildman–Crippen MR) is 111 cm³/mol. The van der Waals surface area contributed by atoms with Gasteiger partial charge in [0.15, 0.2) is 5.78 Å². The van der Waals surface area contributed by atoms with E-state index in [0.717, 1.165) is 12.8 Å². The maximum absolute atomic E-state index is 12.8. The fraction of sp³-hybridized carbons (Fsp3) is 0.364. The second-order valence-electron chi connectivity index (χ2n) is 7.44. The Morgan fingerprint density at radius 2 is 2.13 bits per heavy atom. The van der Waals surface area contributed by atoms with Gasteiger partial charge >= 0.3 is 0 Å². The summed E-state index contributed by atoms with van der Waals surface area (Å²) in [5.41, 5.74) is 1.42. The number of likely N-dealkylation sites (N-methyl/N-ethyl adjacent to an activating group) is 1. The Morgan fingerprint density at radius 1 is 1.33 bits per heavy atom. The molecule has 2 aromatic rings. The van der Waals surface area contributed by atoms with E-state index in [4.69, 9.17) is 9.26 Å². The summed E-state index contributed by atoms with van der Waals surface area (Å²) < 4.78 is 11.6. The van der Waals surface area contributed by atoms with E-state index in [0.29, 0.717) is 40.6 Å². The van der Waals surface area contributed by atoms with Gasteiger partial charge in [-0.25, -0.2) is 0 Å². The predicted octanol–water partition coefficient (Wildman–Crippen LogP) is 2.88. The lowest BCUT2D eigenvalue weighted by Crippen LogP contribution is -2.40. The van der Waals surface area contributed by atoms with Gasteiger partial charge < -0.3 is 19.9 Å². The number of rotatable bonds is 5. The lowest BCUT2D eigenvalue weighted by molar-refractivity contribution is -0.121. The average molecular weight is 408 g/mol. The van der Waals surface area contributed by atoms with Gasteiger partial charge in [-0.2, -0.15) is 4.98 Å². The zero-order chi connectivity index (χ0) is 21.3. The number of benzene rings is 1. The second kappa shape index (κ2) is 7.78. The molecule has 0 saturated heterocycles. The number of carbonyl (C=O) groups excluding carboxylic acids is 2. The molecule has 2 N–H and O–H groups in total. The van der Waals surface area contributed by atoms with Gasteiger partial charge in [0.25, 0.3) is 5.89 Å². The van der Waals surface area contributed by atoms with Crippen molar-refractivity contribution in [3.8, 4) is 17.2 Å². The van der Waals surface area contributed by atoms with Gasteiger partial charge in [-0.05, 0) is 49.4 Å².